The first kappa shape index (κ1) is 16.9. The fourth-order valence-corrected chi connectivity index (χ4v) is 2.57. The molecule has 0 aliphatic rings. The lowest BCUT2D eigenvalue weighted by molar-refractivity contribution is 0.0523. The van der Waals surface area contributed by atoms with E-state index in [2.05, 4.69) is 10.1 Å². The van der Waals surface area contributed by atoms with Crippen LogP contribution in [0.2, 0.25) is 0 Å². The fraction of sp³-hybridized carbons (Fsp3) is 0.278. The van der Waals surface area contributed by atoms with Crippen LogP contribution in [0.15, 0.2) is 30.5 Å². The number of carbonyl (C=O) groups excluding carboxylic acids is 1. The van der Waals surface area contributed by atoms with E-state index in [9.17, 15) is 9.18 Å². The van der Waals surface area contributed by atoms with Crippen molar-refractivity contribution in [1.29, 1.82) is 0 Å². The predicted octanol–water partition coefficient (Wildman–Crippen LogP) is 3.91. The average molecular weight is 342 g/mol. The van der Waals surface area contributed by atoms with Crippen molar-refractivity contribution in [3.05, 3.63) is 41.8 Å². The van der Waals surface area contributed by atoms with Crippen molar-refractivity contribution in [1.82, 2.24) is 14.8 Å². The standard InChI is InChI=1S/C18H19FN4O2/c1-10-6-5-7-12(19)15(10)13-8-11-14(9-21-13)23(22-16(11)20)17(24)25-18(2,3)4/h5-9H,1-4H3,(H2,20,22). The summed E-state index contributed by atoms with van der Waals surface area (Å²) in [7, 11) is 0. The van der Waals surface area contributed by atoms with Gasteiger partial charge in [-0.1, -0.05) is 12.1 Å². The Morgan fingerprint density at radius 3 is 2.68 bits per heavy atom. The van der Waals surface area contributed by atoms with E-state index >= 15 is 0 Å². The number of aromatic nitrogens is 3. The highest BCUT2D eigenvalue weighted by atomic mass is 19.1. The first-order valence-electron chi connectivity index (χ1n) is 7.80. The summed E-state index contributed by atoms with van der Waals surface area (Å²) in [5, 5.41) is 4.55. The molecule has 25 heavy (non-hydrogen) atoms. The molecule has 0 saturated carbocycles. The van der Waals surface area contributed by atoms with Gasteiger partial charge < -0.3 is 10.5 Å². The number of halogens is 1. The van der Waals surface area contributed by atoms with Gasteiger partial charge in [0, 0.05) is 10.9 Å². The minimum absolute atomic E-state index is 0.151. The molecule has 6 nitrogen and oxygen atoms in total. The van der Waals surface area contributed by atoms with Gasteiger partial charge in [-0.05, 0) is 45.4 Å². The maximum absolute atomic E-state index is 14.2. The van der Waals surface area contributed by atoms with Crippen LogP contribution in [0.1, 0.15) is 26.3 Å². The summed E-state index contributed by atoms with van der Waals surface area (Å²) in [6.07, 6.45) is 0.801. The number of aryl methyl sites for hydroxylation is 1. The zero-order chi connectivity index (χ0) is 18.4. The lowest BCUT2D eigenvalue weighted by Gasteiger charge is -2.19. The number of carbonyl (C=O) groups is 1. The molecule has 0 unspecified atom stereocenters. The Kier molecular flexibility index (Phi) is 3.94. The summed E-state index contributed by atoms with van der Waals surface area (Å²) < 4.78 is 20.6. The third-order valence-electron chi connectivity index (χ3n) is 3.64. The van der Waals surface area contributed by atoms with Crippen LogP contribution in [0.25, 0.3) is 22.2 Å². The molecule has 0 amide bonds. The molecule has 2 aromatic heterocycles. The average Bonchev–Trinajstić information content (AvgIpc) is 2.83. The normalized spacial score (nSPS) is 11.7. The van der Waals surface area contributed by atoms with Crippen molar-refractivity contribution in [3.63, 3.8) is 0 Å². The Labute approximate surface area is 144 Å². The van der Waals surface area contributed by atoms with Crippen LogP contribution in [0.4, 0.5) is 15.0 Å². The van der Waals surface area contributed by atoms with Gasteiger partial charge in [0.25, 0.3) is 0 Å². The Morgan fingerprint density at radius 2 is 2.04 bits per heavy atom. The zero-order valence-electron chi connectivity index (χ0n) is 14.5. The number of benzene rings is 1. The van der Waals surface area contributed by atoms with Crippen molar-refractivity contribution in [3.8, 4) is 11.3 Å². The lowest BCUT2D eigenvalue weighted by atomic mass is 10.0. The number of nitrogen functional groups attached to an aromatic ring is 1. The van der Waals surface area contributed by atoms with Gasteiger partial charge in [0.15, 0.2) is 5.82 Å². The summed E-state index contributed by atoms with van der Waals surface area (Å²) in [4.78, 5) is 16.6. The molecule has 2 heterocycles. The molecule has 3 aromatic rings. The molecule has 0 bridgehead atoms. The van der Waals surface area contributed by atoms with E-state index in [1.165, 1.54) is 12.3 Å². The monoisotopic (exact) mass is 342 g/mol. The SMILES string of the molecule is Cc1cccc(F)c1-c1cc2c(N)nn(C(=O)OC(C)(C)C)c2cn1. The van der Waals surface area contributed by atoms with Crippen LogP contribution >= 0.6 is 0 Å². The number of hydrogen-bond acceptors (Lipinski definition) is 5. The Balaban J connectivity index is 2.12. The molecular weight excluding hydrogens is 323 g/mol. The molecule has 0 spiro atoms. The molecule has 0 aliphatic heterocycles. The summed E-state index contributed by atoms with van der Waals surface area (Å²) in [6, 6.07) is 6.45. The minimum atomic E-state index is -0.665. The molecular formula is C18H19FN4O2. The minimum Gasteiger partial charge on any atom is -0.442 e. The molecule has 2 N–H and O–H groups in total. The largest absolute Gasteiger partial charge is 0.442 e. The van der Waals surface area contributed by atoms with Gasteiger partial charge in [-0.15, -0.1) is 5.10 Å². The molecule has 0 radical (unpaired) electrons. The maximum Gasteiger partial charge on any atom is 0.435 e. The molecule has 7 heteroatoms. The summed E-state index contributed by atoms with van der Waals surface area (Å²) >= 11 is 0. The molecule has 0 atom stereocenters. The van der Waals surface area contributed by atoms with Gasteiger partial charge in [0.1, 0.15) is 16.9 Å². The molecule has 0 saturated heterocycles. The highest BCUT2D eigenvalue weighted by Gasteiger charge is 2.22. The van der Waals surface area contributed by atoms with Crippen LogP contribution in [0, 0.1) is 12.7 Å². The van der Waals surface area contributed by atoms with E-state index in [1.54, 1.807) is 45.9 Å². The van der Waals surface area contributed by atoms with Crippen LogP contribution < -0.4 is 5.73 Å². The van der Waals surface area contributed by atoms with Crippen molar-refractivity contribution >= 4 is 22.8 Å². The zero-order valence-corrected chi connectivity index (χ0v) is 14.5. The molecule has 3 rings (SSSR count). The number of hydrogen-bond donors (Lipinski definition) is 1. The van der Waals surface area contributed by atoms with Crippen molar-refractivity contribution < 1.29 is 13.9 Å². The van der Waals surface area contributed by atoms with Gasteiger partial charge in [-0.2, -0.15) is 4.68 Å². The molecule has 130 valence electrons. The number of nitrogens with two attached hydrogens (primary N) is 1. The molecule has 1 aromatic carbocycles. The Morgan fingerprint density at radius 1 is 1.32 bits per heavy atom. The number of pyridine rings is 1. The van der Waals surface area contributed by atoms with Crippen molar-refractivity contribution in [2.45, 2.75) is 33.3 Å². The number of fused-ring (bicyclic) bond motifs is 1. The predicted molar refractivity (Wildman–Crippen MR) is 93.7 cm³/mol. The van der Waals surface area contributed by atoms with Crippen LogP contribution in [-0.4, -0.2) is 26.5 Å². The van der Waals surface area contributed by atoms with Crippen LogP contribution in [0.5, 0.6) is 0 Å². The van der Waals surface area contributed by atoms with Gasteiger partial charge in [0.05, 0.1) is 11.9 Å². The summed E-state index contributed by atoms with van der Waals surface area (Å²) in [5.41, 5.74) is 7.26. The van der Waals surface area contributed by atoms with Gasteiger partial charge in [-0.3, -0.25) is 4.98 Å². The Bertz CT molecular complexity index is 953. The third-order valence-corrected chi connectivity index (χ3v) is 3.64. The highest BCUT2D eigenvalue weighted by Crippen LogP contribution is 2.29. The van der Waals surface area contributed by atoms with Crippen LogP contribution in [0.3, 0.4) is 0 Å². The number of anilines is 1. The fourth-order valence-electron chi connectivity index (χ4n) is 2.57. The van der Waals surface area contributed by atoms with E-state index in [0.29, 0.717) is 22.2 Å². The maximum atomic E-state index is 14.2. The highest BCUT2D eigenvalue weighted by molar-refractivity contribution is 5.96. The molecule has 0 aliphatic carbocycles. The van der Waals surface area contributed by atoms with Gasteiger partial charge in [-0.25, -0.2) is 9.18 Å². The quantitative estimate of drug-likeness (QED) is 0.725. The van der Waals surface area contributed by atoms with Crippen LogP contribution in [-0.2, 0) is 4.74 Å². The smallest absolute Gasteiger partial charge is 0.435 e. The van der Waals surface area contributed by atoms with E-state index in [1.807, 2.05) is 0 Å². The second-order valence-electron chi connectivity index (χ2n) is 6.80. The van der Waals surface area contributed by atoms with Gasteiger partial charge >= 0.3 is 6.09 Å². The summed E-state index contributed by atoms with van der Waals surface area (Å²) in [5.74, 6) is -0.219. The number of rotatable bonds is 1. The second-order valence-corrected chi connectivity index (χ2v) is 6.80. The van der Waals surface area contributed by atoms with Gasteiger partial charge in [0.2, 0.25) is 0 Å². The topological polar surface area (TPSA) is 83.0 Å². The first-order valence-corrected chi connectivity index (χ1v) is 7.80. The first-order chi connectivity index (χ1) is 11.7. The summed E-state index contributed by atoms with van der Waals surface area (Å²) in [6.45, 7) is 7.09. The van der Waals surface area contributed by atoms with E-state index in [-0.39, 0.29) is 11.6 Å². The van der Waals surface area contributed by atoms with E-state index < -0.39 is 11.7 Å². The Hall–Kier alpha value is -2.96. The van der Waals surface area contributed by atoms with Crippen molar-refractivity contribution in [2.75, 3.05) is 5.73 Å². The van der Waals surface area contributed by atoms with Crippen molar-refractivity contribution in [2.24, 2.45) is 0 Å². The van der Waals surface area contributed by atoms with E-state index in [4.69, 9.17) is 10.5 Å². The lowest BCUT2D eigenvalue weighted by Crippen LogP contribution is -2.27. The number of ether oxygens (including phenoxy) is 1. The molecule has 0 fully saturated rings. The second kappa shape index (κ2) is 5.84. The van der Waals surface area contributed by atoms with E-state index in [0.717, 1.165) is 10.2 Å². The number of nitrogens with zero attached hydrogens (tertiary/aromatic N) is 3. The third kappa shape index (κ3) is 3.17.